The molecule has 0 fully saturated rings. The first-order valence-electron chi connectivity index (χ1n) is 10.1. The van der Waals surface area contributed by atoms with E-state index < -0.39 is 0 Å². The van der Waals surface area contributed by atoms with Crippen LogP contribution < -0.4 is 14.9 Å². The van der Waals surface area contributed by atoms with E-state index in [2.05, 4.69) is 0 Å². The number of para-hydroxylation sites is 1. The molecule has 0 saturated heterocycles. The molecule has 4 heteroatoms. The van der Waals surface area contributed by atoms with Crippen LogP contribution in [0.2, 0.25) is 0 Å². The molecule has 0 aliphatic carbocycles. The van der Waals surface area contributed by atoms with Crippen LogP contribution in [0.4, 0.5) is 0 Å². The first kappa shape index (κ1) is 19.3. The summed E-state index contributed by atoms with van der Waals surface area (Å²) in [5, 5.41) is 1.44. The van der Waals surface area contributed by atoms with Crippen LogP contribution in [-0.4, -0.2) is 0 Å². The Hall–Kier alpha value is -3.63. The van der Waals surface area contributed by atoms with Crippen LogP contribution in [0.25, 0.3) is 20.2 Å². The van der Waals surface area contributed by atoms with Crippen LogP contribution in [0, 0.1) is 0 Å². The van der Waals surface area contributed by atoms with Crippen molar-refractivity contribution in [2.75, 3.05) is 0 Å². The maximum absolute atomic E-state index is 13.1. The van der Waals surface area contributed by atoms with Crippen LogP contribution in [0.1, 0.15) is 11.1 Å². The van der Waals surface area contributed by atoms with E-state index in [1.807, 2.05) is 97.1 Å². The molecule has 0 N–H and O–H groups in total. The largest absolute Gasteiger partial charge is 0.489 e. The number of hydrogen-bond donors (Lipinski definition) is 0. The zero-order valence-electron chi connectivity index (χ0n) is 16.8. The van der Waals surface area contributed by atoms with Crippen molar-refractivity contribution in [3.8, 4) is 11.5 Å². The van der Waals surface area contributed by atoms with Crippen LogP contribution in [0.3, 0.4) is 0 Å². The Balaban J connectivity index is 1.60. The van der Waals surface area contributed by atoms with Gasteiger partial charge >= 0.3 is 0 Å². The third-order valence-corrected chi connectivity index (χ3v) is 6.42. The van der Waals surface area contributed by atoms with E-state index in [-0.39, 0.29) is 5.43 Å². The third-order valence-electron chi connectivity index (χ3n) is 5.17. The predicted molar refractivity (Wildman–Crippen MR) is 127 cm³/mol. The first-order valence-corrected chi connectivity index (χ1v) is 10.9. The zero-order chi connectivity index (χ0) is 21.0. The van der Waals surface area contributed by atoms with Gasteiger partial charge in [-0.3, -0.25) is 4.79 Å². The molecular weight excluding hydrogens is 404 g/mol. The Bertz CT molecular complexity index is 1390. The summed E-state index contributed by atoms with van der Waals surface area (Å²) in [6, 6.07) is 31.2. The summed E-state index contributed by atoms with van der Waals surface area (Å²) in [6.07, 6.45) is 0. The van der Waals surface area contributed by atoms with Crippen molar-refractivity contribution in [1.82, 2.24) is 0 Å². The highest BCUT2D eigenvalue weighted by Gasteiger charge is 2.15. The molecule has 152 valence electrons. The van der Waals surface area contributed by atoms with Crippen LogP contribution in [-0.2, 0) is 13.2 Å². The molecule has 5 aromatic rings. The van der Waals surface area contributed by atoms with Gasteiger partial charge in [0.1, 0.15) is 24.7 Å². The highest BCUT2D eigenvalue weighted by atomic mass is 32.1. The fourth-order valence-electron chi connectivity index (χ4n) is 3.58. The summed E-state index contributed by atoms with van der Waals surface area (Å²) in [6.45, 7) is 0.771. The van der Waals surface area contributed by atoms with Gasteiger partial charge in [0.05, 0.1) is 0 Å². The number of benzene rings is 4. The van der Waals surface area contributed by atoms with Crippen molar-refractivity contribution >= 4 is 31.5 Å². The molecule has 4 aromatic carbocycles. The van der Waals surface area contributed by atoms with E-state index in [1.165, 1.54) is 0 Å². The van der Waals surface area contributed by atoms with Crippen LogP contribution in [0.15, 0.2) is 102 Å². The Morgan fingerprint density at radius 3 is 2.16 bits per heavy atom. The molecule has 0 amide bonds. The number of hydrogen-bond acceptors (Lipinski definition) is 4. The molecule has 5 rings (SSSR count). The van der Waals surface area contributed by atoms with E-state index in [1.54, 1.807) is 11.3 Å². The van der Waals surface area contributed by atoms with Crippen molar-refractivity contribution in [2.45, 2.75) is 13.2 Å². The molecule has 31 heavy (non-hydrogen) atoms. The predicted octanol–water partition coefficient (Wildman–Crippen LogP) is 6.57. The summed E-state index contributed by atoms with van der Waals surface area (Å²) in [5.41, 5.74) is 2.02. The topological polar surface area (TPSA) is 35.5 Å². The molecule has 1 aromatic heterocycles. The maximum atomic E-state index is 13.1. The quantitative estimate of drug-likeness (QED) is 0.289. The summed E-state index contributed by atoms with van der Waals surface area (Å²) < 4.78 is 14.1. The minimum Gasteiger partial charge on any atom is -0.489 e. The van der Waals surface area contributed by atoms with Crippen molar-refractivity contribution in [3.05, 3.63) is 118 Å². The lowest BCUT2D eigenvalue weighted by Gasteiger charge is -2.15. The van der Waals surface area contributed by atoms with Gasteiger partial charge in [-0.2, -0.15) is 0 Å². The normalized spacial score (nSPS) is 11.0. The Labute approximate surface area is 184 Å². The molecule has 0 aliphatic rings. The van der Waals surface area contributed by atoms with Gasteiger partial charge in [-0.05, 0) is 42.0 Å². The Morgan fingerprint density at radius 2 is 1.35 bits per heavy atom. The second-order valence-electron chi connectivity index (χ2n) is 7.22. The number of fused-ring (bicyclic) bond motifs is 2. The highest BCUT2D eigenvalue weighted by molar-refractivity contribution is 7.24. The highest BCUT2D eigenvalue weighted by Crippen LogP contribution is 2.34. The summed E-state index contributed by atoms with van der Waals surface area (Å²) in [5.74, 6) is 1.51. The molecular formula is C27H20O3S. The van der Waals surface area contributed by atoms with Crippen molar-refractivity contribution in [3.63, 3.8) is 0 Å². The number of ether oxygens (including phenoxy) is 2. The van der Waals surface area contributed by atoms with Crippen molar-refractivity contribution in [1.29, 1.82) is 0 Å². The summed E-state index contributed by atoms with van der Waals surface area (Å²) in [7, 11) is 0. The van der Waals surface area contributed by atoms with Gasteiger partial charge in [-0.15, -0.1) is 11.3 Å². The van der Waals surface area contributed by atoms with Gasteiger partial charge < -0.3 is 9.47 Å². The maximum Gasteiger partial charge on any atom is 0.195 e. The van der Waals surface area contributed by atoms with E-state index in [4.69, 9.17) is 9.47 Å². The first-order chi connectivity index (χ1) is 15.3. The molecule has 1 heterocycles. The molecule has 0 saturated carbocycles. The van der Waals surface area contributed by atoms with Gasteiger partial charge in [0.15, 0.2) is 5.43 Å². The average Bonchev–Trinajstić information content (AvgIpc) is 2.83. The Kier molecular flexibility index (Phi) is 5.38. The molecule has 0 aliphatic heterocycles. The summed E-state index contributed by atoms with van der Waals surface area (Å²) in [4.78, 5) is 13.1. The third kappa shape index (κ3) is 4.03. The molecule has 0 radical (unpaired) electrons. The number of rotatable bonds is 6. The fourth-order valence-corrected chi connectivity index (χ4v) is 4.77. The minimum absolute atomic E-state index is 0.0416. The van der Waals surface area contributed by atoms with Crippen LogP contribution >= 0.6 is 11.3 Å². The second-order valence-corrected chi connectivity index (χ2v) is 8.27. The molecule has 0 bridgehead atoms. The Morgan fingerprint density at radius 1 is 0.645 bits per heavy atom. The van der Waals surface area contributed by atoms with Gasteiger partial charge in [0.2, 0.25) is 0 Å². The van der Waals surface area contributed by atoms with Crippen LogP contribution in [0.5, 0.6) is 11.5 Å². The summed E-state index contributed by atoms with van der Waals surface area (Å²) >= 11 is 1.60. The zero-order valence-corrected chi connectivity index (χ0v) is 17.6. The van der Waals surface area contributed by atoms with Gasteiger partial charge in [-0.25, -0.2) is 0 Å². The van der Waals surface area contributed by atoms with Gasteiger partial charge in [-0.1, -0.05) is 60.7 Å². The lowest BCUT2D eigenvalue weighted by Crippen LogP contribution is -2.06. The second kappa shape index (κ2) is 8.62. The molecule has 0 atom stereocenters. The van der Waals surface area contributed by atoms with E-state index in [9.17, 15) is 4.79 Å². The average molecular weight is 425 g/mol. The minimum atomic E-state index is 0.0416. The monoisotopic (exact) mass is 424 g/mol. The fraction of sp³-hybridized carbons (Fsp3) is 0.0741. The smallest absolute Gasteiger partial charge is 0.195 e. The molecule has 0 unspecified atom stereocenters. The lowest BCUT2D eigenvalue weighted by atomic mass is 10.1. The molecule has 3 nitrogen and oxygen atoms in total. The van der Waals surface area contributed by atoms with E-state index >= 15 is 0 Å². The standard InChI is InChI=1S/C27H20O3S/c28-26-21-13-7-8-14-25(21)31-27-22(26)15-16-24(30-17-19-9-3-1-4-10-19)23(27)18-29-20-11-5-2-6-12-20/h1-16H,17-18H2. The van der Waals surface area contributed by atoms with Gasteiger partial charge in [0.25, 0.3) is 0 Å². The molecule has 0 spiro atoms. The van der Waals surface area contributed by atoms with Crippen molar-refractivity contribution in [2.24, 2.45) is 0 Å². The van der Waals surface area contributed by atoms with Crippen molar-refractivity contribution < 1.29 is 9.47 Å². The lowest BCUT2D eigenvalue weighted by molar-refractivity contribution is 0.275. The van der Waals surface area contributed by atoms with E-state index in [0.29, 0.717) is 18.6 Å². The SMILES string of the molecule is O=c1c2ccccc2sc2c(COc3ccccc3)c(OCc3ccccc3)ccc12. The van der Waals surface area contributed by atoms with Gasteiger partial charge in [0, 0.05) is 25.7 Å². The van der Waals surface area contributed by atoms with E-state index in [0.717, 1.165) is 37.4 Å².